The quantitative estimate of drug-likeness (QED) is 0.657. The number of benzene rings is 1. The number of hydrogen-bond acceptors (Lipinski definition) is 8. The molecule has 0 amide bonds. The van der Waals surface area contributed by atoms with Gasteiger partial charge in [0.2, 0.25) is 5.88 Å². The van der Waals surface area contributed by atoms with Crippen LogP contribution in [-0.4, -0.2) is 51.0 Å². The lowest BCUT2D eigenvalue weighted by atomic mass is 10.1. The topological polar surface area (TPSA) is 98.6 Å². The zero-order valence-electron chi connectivity index (χ0n) is 17.3. The fourth-order valence-electron chi connectivity index (χ4n) is 3.43. The standard InChI is InChI=1S/C21H25N5O3S/c1-14-11-15(26-30(2,3)27)12-18-19(14)20(24-13-23-18)25-17-5-4-8-22-21(17)29-16-6-9-28-10-7-16/h4-5,8,11-13,16H,6-7,9-10H2,1-3H3,(H,23,24,25). The van der Waals surface area contributed by atoms with Crippen LogP contribution in [0.2, 0.25) is 0 Å². The van der Waals surface area contributed by atoms with E-state index in [9.17, 15) is 4.21 Å². The van der Waals surface area contributed by atoms with Crippen LogP contribution in [0.5, 0.6) is 5.88 Å². The van der Waals surface area contributed by atoms with Gasteiger partial charge in [-0.3, -0.25) is 0 Å². The molecule has 0 atom stereocenters. The predicted molar refractivity (Wildman–Crippen MR) is 118 cm³/mol. The van der Waals surface area contributed by atoms with Gasteiger partial charge in [-0.05, 0) is 36.8 Å². The first kappa shape index (κ1) is 20.5. The van der Waals surface area contributed by atoms with Crippen LogP contribution in [0.1, 0.15) is 18.4 Å². The first-order valence-corrected chi connectivity index (χ1v) is 12.1. The summed E-state index contributed by atoms with van der Waals surface area (Å²) < 4.78 is 27.9. The predicted octanol–water partition coefficient (Wildman–Crippen LogP) is 3.99. The molecule has 1 aliphatic rings. The van der Waals surface area contributed by atoms with Gasteiger partial charge in [-0.1, -0.05) is 0 Å². The summed E-state index contributed by atoms with van der Waals surface area (Å²) in [7, 11) is -2.26. The summed E-state index contributed by atoms with van der Waals surface area (Å²) >= 11 is 0. The van der Waals surface area contributed by atoms with E-state index in [4.69, 9.17) is 9.47 Å². The average Bonchev–Trinajstić information content (AvgIpc) is 2.69. The van der Waals surface area contributed by atoms with E-state index in [-0.39, 0.29) is 6.10 Å². The van der Waals surface area contributed by atoms with E-state index in [1.54, 1.807) is 18.7 Å². The second-order valence-corrected chi connectivity index (χ2v) is 10.1. The molecule has 0 aliphatic carbocycles. The van der Waals surface area contributed by atoms with E-state index in [0.29, 0.717) is 30.6 Å². The Bertz CT molecular complexity index is 1180. The van der Waals surface area contributed by atoms with E-state index >= 15 is 0 Å². The summed E-state index contributed by atoms with van der Waals surface area (Å²) in [5.41, 5.74) is 3.05. The third-order valence-electron chi connectivity index (χ3n) is 4.72. The zero-order valence-corrected chi connectivity index (χ0v) is 18.1. The molecular weight excluding hydrogens is 402 g/mol. The third kappa shape index (κ3) is 4.85. The molecular formula is C21H25N5O3S. The van der Waals surface area contributed by atoms with Gasteiger partial charge in [0.1, 0.15) is 23.9 Å². The summed E-state index contributed by atoms with van der Waals surface area (Å²) in [5, 5.41) is 4.23. The molecule has 4 rings (SSSR count). The Hall–Kier alpha value is -2.78. The Kier molecular flexibility index (Phi) is 5.83. The van der Waals surface area contributed by atoms with Crippen LogP contribution < -0.4 is 10.1 Å². The number of rotatable bonds is 5. The van der Waals surface area contributed by atoms with Gasteiger partial charge in [-0.25, -0.2) is 19.2 Å². The third-order valence-corrected chi connectivity index (χ3v) is 5.37. The number of aromatic nitrogens is 3. The SMILES string of the molecule is Cc1cc(N=S(C)(C)=O)cc2ncnc(Nc3cccnc3OC3CCOCC3)c12. The molecule has 158 valence electrons. The molecule has 3 aromatic rings. The minimum absolute atomic E-state index is 0.0835. The van der Waals surface area contributed by atoms with Crippen LogP contribution in [0.15, 0.2) is 41.2 Å². The van der Waals surface area contributed by atoms with Gasteiger partial charge in [-0.2, -0.15) is 4.36 Å². The Labute approximate surface area is 176 Å². The molecule has 0 bridgehead atoms. The lowest BCUT2D eigenvalue weighted by Crippen LogP contribution is -2.26. The molecule has 1 aromatic carbocycles. The monoisotopic (exact) mass is 427 g/mol. The Balaban J connectivity index is 1.69. The van der Waals surface area contributed by atoms with Crippen molar-refractivity contribution < 1.29 is 13.7 Å². The van der Waals surface area contributed by atoms with Crippen LogP contribution >= 0.6 is 0 Å². The second-order valence-electron chi connectivity index (χ2n) is 7.56. The van der Waals surface area contributed by atoms with Gasteiger partial charge < -0.3 is 14.8 Å². The zero-order chi connectivity index (χ0) is 21.1. The number of ether oxygens (including phenoxy) is 2. The van der Waals surface area contributed by atoms with Crippen molar-refractivity contribution in [2.24, 2.45) is 4.36 Å². The maximum atomic E-state index is 12.1. The van der Waals surface area contributed by atoms with E-state index in [1.807, 2.05) is 31.2 Å². The minimum Gasteiger partial charge on any atom is -0.473 e. The smallest absolute Gasteiger partial charge is 0.238 e. The molecule has 30 heavy (non-hydrogen) atoms. The average molecular weight is 428 g/mol. The molecule has 3 heterocycles. The van der Waals surface area contributed by atoms with Gasteiger partial charge in [-0.15, -0.1) is 0 Å². The minimum atomic E-state index is -2.26. The van der Waals surface area contributed by atoms with Crippen molar-refractivity contribution in [3.8, 4) is 5.88 Å². The first-order chi connectivity index (χ1) is 14.4. The van der Waals surface area contributed by atoms with Crippen molar-refractivity contribution >= 4 is 37.8 Å². The number of anilines is 2. The molecule has 0 radical (unpaired) electrons. The van der Waals surface area contributed by atoms with Gasteiger partial charge >= 0.3 is 0 Å². The molecule has 9 heteroatoms. The lowest BCUT2D eigenvalue weighted by molar-refractivity contribution is 0.0240. The van der Waals surface area contributed by atoms with Crippen LogP contribution in [0.25, 0.3) is 10.9 Å². The Morgan fingerprint density at radius 3 is 2.77 bits per heavy atom. The number of fused-ring (bicyclic) bond motifs is 1. The summed E-state index contributed by atoms with van der Waals surface area (Å²) in [4.78, 5) is 13.2. The van der Waals surface area contributed by atoms with Crippen molar-refractivity contribution in [2.75, 3.05) is 31.0 Å². The van der Waals surface area contributed by atoms with Crippen molar-refractivity contribution in [2.45, 2.75) is 25.9 Å². The second kappa shape index (κ2) is 8.53. The highest BCUT2D eigenvalue weighted by atomic mass is 32.2. The van der Waals surface area contributed by atoms with Gasteiger partial charge in [0, 0.05) is 46.7 Å². The molecule has 0 unspecified atom stereocenters. The molecule has 8 nitrogen and oxygen atoms in total. The molecule has 1 fully saturated rings. The van der Waals surface area contributed by atoms with Crippen LogP contribution in [-0.2, 0) is 14.5 Å². The fourth-order valence-corrected chi connectivity index (χ4v) is 4.05. The number of aryl methyl sites for hydroxylation is 1. The van der Waals surface area contributed by atoms with Crippen LogP contribution in [0, 0.1) is 6.92 Å². The fraction of sp³-hybridized carbons (Fsp3) is 0.381. The first-order valence-electron chi connectivity index (χ1n) is 9.78. The van der Waals surface area contributed by atoms with Crippen molar-refractivity contribution in [3.05, 3.63) is 42.4 Å². The van der Waals surface area contributed by atoms with Gasteiger partial charge in [0.25, 0.3) is 0 Å². The summed E-state index contributed by atoms with van der Waals surface area (Å²) in [6, 6.07) is 7.49. The van der Waals surface area contributed by atoms with Crippen molar-refractivity contribution in [1.29, 1.82) is 0 Å². The summed E-state index contributed by atoms with van der Waals surface area (Å²) in [5.74, 6) is 1.19. The van der Waals surface area contributed by atoms with E-state index < -0.39 is 9.73 Å². The molecule has 1 aliphatic heterocycles. The number of nitrogens with zero attached hydrogens (tertiary/aromatic N) is 4. The molecule has 1 saturated heterocycles. The number of nitrogens with one attached hydrogen (secondary N) is 1. The highest BCUT2D eigenvalue weighted by Gasteiger charge is 2.18. The number of hydrogen-bond donors (Lipinski definition) is 1. The van der Waals surface area contributed by atoms with Crippen molar-refractivity contribution in [1.82, 2.24) is 15.0 Å². The normalized spacial score (nSPS) is 15.2. The maximum absolute atomic E-state index is 12.1. The van der Waals surface area contributed by atoms with E-state index in [2.05, 4.69) is 24.6 Å². The van der Waals surface area contributed by atoms with Crippen LogP contribution in [0.3, 0.4) is 0 Å². The summed E-state index contributed by atoms with van der Waals surface area (Å²) in [6.07, 6.45) is 8.21. The van der Waals surface area contributed by atoms with Gasteiger partial charge in [0.05, 0.1) is 24.4 Å². The van der Waals surface area contributed by atoms with Gasteiger partial charge in [0.15, 0.2) is 0 Å². The van der Waals surface area contributed by atoms with E-state index in [1.165, 1.54) is 6.33 Å². The van der Waals surface area contributed by atoms with Crippen molar-refractivity contribution in [3.63, 3.8) is 0 Å². The molecule has 1 N–H and O–H groups in total. The molecule has 0 spiro atoms. The molecule has 2 aromatic heterocycles. The number of pyridine rings is 1. The summed E-state index contributed by atoms with van der Waals surface area (Å²) in [6.45, 7) is 3.36. The largest absolute Gasteiger partial charge is 0.473 e. The highest BCUT2D eigenvalue weighted by Crippen LogP contribution is 2.33. The Morgan fingerprint density at radius 1 is 1.20 bits per heavy atom. The lowest BCUT2D eigenvalue weighted by Gasteiger charge is -2.24. The van der Waals surface area contributed by atoms with E-state index in [0.717, 1.165) is 35.0 Å². The van der Waals surface area contributed by atoms with Crippen LogP contribution in [0.4, 0.5) is 17.2 Å². The Morgan fingerprint density at radius 2 is 2.00 bits per heavy atom. The molecule has 0 saturated carbocycles. The maximum Gasteiger partial charge on any atom is 0.238 e. The highest BCUT2D eigenvalue weighted by molar-refractivity contribution is 7.92.